The minimum Gasteiger partial charge on any atom is -0.340 e. The molecule has 0 aliphatic carbocycles. The van der Waals surface area contributed by atoms with E-state index in [1.807, 2.05) is 5.32 Å². The second-order valence-electron chi connectivity index (χ2n) is 3.86. The average Bonchev–Trinajstić information content (AvgIpc) is 2.69. The van der Waals surface area contributed by atoms with Crippen LogP contribution in [0.4, 0.5) is 13.2 Å². The molecule has 4 heteroatoms. The number of hydrogen-bond acceptors (Lipinski definition) is 0. The largest absolute Gasteiger partial charge is 0.416 e. The summed E-state index contributed by atoms with van der Waals surface area (Å²) in [6.07, 6.45) is -2.39. The minimum atomic E-state index is -4.23. The van der Waals surface area contributed by atoms with Crippen molar-refractivity contribution in [3.05, 3.63) is 35.4 Å². The molecule has 2 N–H and O–H groups in total. The van der Waals surface area contributed by atoms with Gasteiger partial charge < -0.3 is 5.32 Å². The lowest BCUT2D eigenvalue weighted by Gasteiger charge is -2.15. The minimum absolute atomic E-state index is 0.0113. The molecule has 0 spiro atoms. The Morgan fingerprint density at radius 2 is 1.93 bits per heavy atom. The molecule has 0 radical (unpaired) electrons. The molecule has 1 aliphatic heterocycles. The first kappa shape index (κ1) is 10.5. The monoisotopic (exact) mass is 216 g/mol. The van der Waals surface area contributed by atoms with Crippen molar-refractivity contribution in [1.29, 1.82) is 0 Å². The lowest BCUT2D eigenvalue weighted by atomic mass is 9.99. The zero-order valence-corrected chi connectivity index (χ0v) is 8.22. The van der Waals surface area contributed by atoms with Crippen LogP contribution < -0.4 is 5.32 Å². The average molecular weight is 216 g/mol. The van der Waals surface area contributed by atoms with Gasteiger partial charge in [-0.3, -0.25) is 0 Å². The van der Waals surface area contributed by atoms with Gasteiger partial charge >= 0.3 is 6.18 Å². The smallest absolute Gasteiger partial charge is 0.340 e. The van der Waals surface area contributed by atoms with Gasteiger partial charge in [0.25, 0.3) is 0 Å². The van der Waals surface area contributed by atoms with Crippen molar-refractivity contribution >= 4 is 0 Å². The van der Waals surface area contributed by atoms with E-state index >= 15 is 0 Å². The van der Waals surface area contributed by atoms with E-state index in [2.05, 4.69) is 0 Å². The Morgan fingerprint density at radius 1 is 1.20 bits per heavy atom. The maximum atomic E-state index is 12.7. The van der Waals surface area contributed by atoms with Gasteiger partial charge in [0, 0.05) is 18.4 Å². The van der Waals surface area contributed by atoms with Crippen LogP contribution in [0, 0.1) is 0 Å². The van der Waals surface area contributed by atoms with Crippen molar-refractivity contribution in [3.8, 4) is 0 Å². The highest BCUT2D eigenvalue weighted by Crippen LogP contribution is 2.35. The van der Waals surface area contributed by atoms with Crippen molar-refractivity contribution in [2.75, 3.05) is 6.54 Å². The summed E-state index contributed by atoms with van der Waals surface area (Å²) >= 11 is 0. The predicted molar refractivity (Wildman–Crippen MR) is 50.2 cm³/mol. The number of quaternary nitrogens is 1. The van der Waals surface area contributed by atoms with E-state index in [1.54, 1.807) is 12.1 Å². The summed E-state index contributed by atoms with van der Waals surface area (Å²) < 4.78 is 38.1. The molecule has 1 saturated heterocycles. The number of halogens is 3. The van der Waals surface area contributed by atoms with E-state index < -0.39 is 11.7 Å². The Bertz CT molecular complexity index is 340. The number of benzene rings is 1. The molecular formula is C11H13F3N+. The van der Waals surface area contributed by atoms with Gasteiger partial charge in [0.1, 0.15) is 6.04 Å². The summed E-state index contributed by atoms with van der Waals surface area (Å²) in [6, 6.07) is 5.87. The standard InChI is InChI=1S/C11H12F3N/c12-11(13,14)9-5-2-1-4-8(9)10-6-3-7-15-10/h1-2,4-5,10,15H,3,6-7H2/p+1/t10-/m0/s1. The topological polar surface area (TPSA) is 16.6 Å². The summed E-state index contributed by atoms with van der Waals surface area (Å²) in [5.74, 6) is 0. The number of hydrogen-bond donors (Lipinski definition) is 1. The fourth-order valence-electron chi connectivity index (χ4n) is 2.14. The number of alkyl halides is 3. The quantitative estimate of drug-likeness (QED) is 0.740. The van der Waals surface area contributed by atoms with Crippen LogP contribution in [0.2, 0.25) is 0 Å². The third-order valence-corrected chi connectivity index (χ3v) is 2.84. The number of nitrogens with two attached hydrogens (primary N) is 1. The van der Waals surface area contributed by atoms with Gasteiger partial charge in [0.15, 0.2) is 0 Å². The van der Waals surface area contributed by atoms with Crippen LogP contribution in [-0.2, 0) is 6.18 Å². The van der Waals surface area contributed by atoms with Crippen LogP contribution >= 0.6 is 0 Å². The molecule has 0 unspecified atom stereocenters. The molecule has 1 aromatic carbocycles. The Labute approximate surface area is 86.3 Å². The van der Waals surface area contributed by atoms with Gasteiger partial charge in [0.2, 0.25) is 0 Å². The second kappa shape index (κ2) is 3.85. The van der Waals surface area contributed by atoms with Crippen molar-refractivity contribution in [2.45, 2.75) is 25.1 Å². The molecule has 2 rings (SSSR count). The van der Waals surface area contributed by atoms with Crippen LogP contribution in [0.1, 0.15) is 30.0 Å². The maximum absolute atomic E-state index is 12.7. The van der Waals surface area contributed by atoms with Crippen LogP contribution in [0.15, 0.2) is 24.3 Å². The van der Waals surface area contributed by atoms with Gasteiger partial charge in [-0.2, -0.15) is 13.2 Å². The molecule has 0 aromatic heterocycles. The first-order valence-corrected chi connectivity index (χ1v) is 5.08. The lowest BCUT2D eigenvalue weighted by molar-refractivity contribution is -0.676. The molecule has 0 amide bonds. The highest BCUT2D eigenvalue weighted by atomic mass is 19.4. The third kappa shape index (κ3) is 2.15. The highest BCUT2D eigenvalue weighted by Gasteiger charge is 2.36. The molecule has 0 bridgehead atoms. The lowest BCUT2D eigenvalue weighted by Crippen LogP contribution is -2.81. The maximum Gasteiger partial charge on any atom is 0.416 e. The van der Waals surface area contributed by atoms with Crippen molar-refractivity contribution in [3.63, 3.8) is 0 Å². The van der Waals surface area contributed by atoms with E-state index in [1.165, 1.54) is 12.1 Å². The molecule has 1 heterocycles. The van der Waals surface area contributed by atoms with Crippen LogP contribution in [0.25, 0.3) is 0 Å². The summed E-state index contributed by atoms with van der Waals surface area (Å²) in [5.41, 5.74) is -0.0457. The van der Waals surface area contributed by atoms with Gasteiger partial charge in [-0.05, 0) is 6.07 Å². The van der Waals surface area contributed by atoms with Gasteiger partial charge in [-0.1, -0.05) is 18.2 Å². The Balaban J connectivity index is 2.37. The van der Waals surface area contributed by atoms with E-state index in [4.69, 9.17) is 0 Å². The summed E-state index contributed by atoms with van der Waals surface area (Å²) in [6.45, 7) is 0.927. The SMILES string of the molecule is FC(F)(F)c1ccccc1[C@@H]1CCC[NH2+]1. The van der Waals surface area contributed by atoms with E-state index in [-0.39, 0.29) is 6.04 Å². The molecule has 0 saturated carbocycles. The second-order valence-corrected chi connectivity index (χ2v) is 3.86. The summed E-state index contributed by atoms with van der Waals surface area (Å²) in [7, 11) is 0. The summed E-state index contributed by atoms with van der Waals surface area (Å²) in [5, 5.41) is 1.99. The van der Waals surface area contributed by atoms with Crippen LogP contribution in [0.3, 0.4) is 0 Å². The van der Waals surface area contributed by atoms with Gasteiger partial charge in [0.05, 0.1) is 12.1 Å². The zero-order chi connectivity index (χ0) is 10.9. The molecular weight excluding hydrogens is 203 g/mol. The normalized spacial score (nSPS) is 21.9. The molecule has 1 nitrogen and oxygen atoms in total. The molecule has 82 valence electrons. The fraction of sp³-hybridized carbons (Fsp3) is 0.455. The molecule has 1 atom stereocenters. The Morgan fingerprint density at radius 3 is 2.53 bits per heavy atom. The molecule has 1 aliphatic rings. The molecule has 1 fully saturated rings. The van der Waals surface area contributed by atoms with Gasteiger partial charge in [-0.15, -0.1) is 0 Å². The zero-order valence-electron chi connectivity index (χ0n) is 8.22. The fourth-order valence-corrected chi connectivity index (χ4v) is 2.14. The van der Waals surface area contributed by atoms with E-state index in [9.17, 15) is 13.2 Å². The first-order valence-electron chi connectivity index (χ1n) is 5.08. The molecule has 15 heavy (non-hydrogen) atoms. The van der Waals surface area contributed by atoms with Crippen LogP contribution in [-0.4, -0.2) is 6.54 Å². The predicted octanol–water partition coefficient (Wildman–Crippen LogP) is 2.10. The third-order valence-electron chi connectivity index (χ3n) is 2.84. The van der Waals surface area contributed by atoms with E-state index in [0.29, 0.717) is 5.56 Å². The van der Waals surface area contributed by atoms with Crippen molar-refractivity contribution in [1.82, 2.24) is 0 Å². The number of rotatable bonds is 1. The summed E-state index contributed by atoms with van der Waals surface area (Å²) in [4.78, 5) is 0. The van der Waals surface area contributed by atoms with E-state index in [0.717, 1.165) is 19.4 Å². The highest BCUT2D eigenvalue weighted by molar-refractivity contribution is 5.31. The van der Waals surface area contributed by atoms with Crippen molar-refractivity contribution in [2.24, 2.45) is 0 Å². The Hall–Kier alpha value is -1.03. The first-order chi connectivity index (χ1) is 7.09. The van der Waals surface area contributed by atoms with Crippen molar-refractivity contribution < 1.29 is 18.5 Å². The Kier molecular flexibility index (Phi) is 2.69. The molecule has 1 aromatic rings. The van der Waals surface area contributed by atoms with Gasteiger partial charge in [-0.25, -0.2) is 0 Å². The van der Waals surface area contributed by atoms with Crippen LogP contribution in [0.5, 0.6) is 0 Å².